The number of nitrogens with zero attached hydrogens (tertiary/aromatic N) is 3. The minimum absolute atomic E-state index is 0.0214. The third-order valence-corrected chi connectivity index (χ3v) is 4.12. The molecule has 128 valence electrons. The Morgan fingerprint density at radius 1 is 1.29 bits per heavy atom. The van der Waals surface area contributed by atoms with Crippen LogP contribution in [0.3, 0.4) is 0 Å². The van der Waals surface area contributed by atoms with Gasteiger partial charge in [0.15, 0.2) is 0 Å². The largest absolute Gasteiger partial charge is 0.573 e. The second kappa shape index (κ2) is 5.85. The number of carbonyl (C=O) groups excluding carboxylic acids is 1. The fourth-order valence-corrected chi connectivity index (χ4v) is 2.81. The topological polar surface area (TPSA) is 47.4 Å². The third kappa shape index (κ3) is 3.37. The van der Waals surface area contributed by atoms with Crippen LogP contribution in [0, 0.1) is 5.92 Å². The second-order valence-electron chi connectivity index (χ2n) is 5.78. The van der Waals surface area contributed by atoms with E-state index in [2.05, 4.69) is 9.84 Å². The van der Waals surface area contributed by atoms with Crippen molar-refractivity contribution in [2.75, 3.05) is 11.9 Å². The number of anilines is 1. The molecule has 8 heteroatoms. The Kier molecular flexibility index (Phi) is 3.98. The van der Waals surface area contributed by atoms with Gasteiger partial charge in [-0.15, -0.1) is 13.2 Å². The number of carbonyl (C=O) groups is 1. The molecule has 2 aromatic rings. The molecular formula is C16H16F3N3O2. The lowest BCUT2D eigenvalue weighted by Gasteiger charge is -2.17. The SMILES string of the molecule is CN(C(=O)C1CC1c1ccc(OC(F)(F)F)cc1)c1ccnn1C. The number of alkyl halides is 3. The van der Waals surface area contributed by atoms with Crippen molar-refractivity contribution < 1.29 is 22.7 Å². The molecule has 1 amide bonds. The van der Waals surface area contributed by atoms with Crippen LogP contribution < -0.4 is 9.64 Å². The lowest BCUT2D eigenvalue weighted by atomic mass is 10.1. The van der Waals surface area contributed by atoms with Crippen molar-refractivity contribution in [2.45, 2.75) is 18.7 Å². The van der Waals surface area contributed by atoms with Crippen LogP contribution in [0.15, 0.2) is 36.5 Å². The van der Waals surface area contributed by atoms with Gasteiger partial charge in [-0.3, -0.25) is 14.4 Å². The monoisotopic (exact) mass is 339 g/mol. The Labute approximate surface area is 136 Å². The molecule has 1 aliphatic rings. The summed E-state index contributed by atoms with van der Waals surface area (Å²) in [7, 11) is 3.44. The predicted molar refractivity (Wildman–Crippen MR) is 80.6 cm³/mol. The average molecular weight is 339 g/mol. The molecule has 2 atom stereocenters. The van der Waals surface area contributed by atoms with Gasteiger partial charge in [-0.2, -0.15) is 5.10 Å². The summed E-state index contributed by atoms with van der Waals surface area (Å²) in [5.41, 5.74) is 0.835. The van der Waals surface area contributed by atoms with Gasteiger partial charge in [0, 0.05) is 26.1 Å². The number of aryl methyl sites for hydroxylation is 1. The molecule has 24 heavy (non-hydrogen) atoms. The molecular weight excluding hydrogens is 323 g/mol. The van der Waals surface area contributed by atoms with Crippen LogP contribution in [-0.4, -0.2) is 29.1 Å². The van der Waals surface area contributed by atoms with Crippen molar-refractivity contribution in [1.82, 2.24) is 9.78 Å². The second-order valence-corrected chi connectivity index (χ2v) is 5.78. The van der Waals surface area contributed by atoms with Crippen LogP contribution in [0.1, 0.15) is 17.9 Å². The number of benzene rings is 1. The summed E-state index contributed by atoms with van der Waals surface area (Å²) in [5, 5.41) is 4.03. The minimum Gasteiger partial charge on any atom is -0.406 e. The average Bonchev–Trinajstić information content (AvgIpc) is 3.19. The van der Waals surface area contributed by atoms with E-state index in [4.69, 9.17) is 0 Å². The molecule has 0 bridgehead atoms. The molecule has 0 aliphatic heterocycles. The lowest BCUT2D eigenvalue weighted by molar-refractivity contribution is -0.274. The van der Waals surface area contributed by atoms with E-state index in [0.717, 1.165) is 5.56 Å². The summed E-state index contributed by atoms with van der Waals surface area (Å²) < 4.78 is 41.9. The fourth-order valence-electron chi connectivity index (χ4n) is 2.81. The predicted octanol–water partition coefficient (Wildman–Crippen LogP) is 3.09. The summed E-state index contributed by atoms with van der Waals surface area (Å²) in [5.74, 6) is 0.257. The van der Waals surface area contributed by atoms with E-state index in [9.17, 15) is 18.0 Å². The Balaban J connectivity index is 1.64. The van der Waals surface area contributed by atoms with Crippen LogP contribution in [0.25, 0.3) is 0 Å². The number of hydrogen-bond acceptors (Lipinski definition) is 3. The molecule has 1 aromatic heterocycles. The molecule has 2 unspecified atom stereocenters. The molecule has 1 aliphatic carbocycles. The number of amides is 1. The molecule has 1 fully saturated rings. The highest BCUT2D eigenvalue weighted by Gasteiger charge is 2.45. The zero-order chi connectivity index (χ0) is 17.5. The fraction of sp³-hybridized carbons (Fsp3) is 0.375. The highest BCUT2D eigenvalue weighted by Crippen LogP contribution is 2.49. The Morgan fingerprint density at radius 3 is 2.50 bits per heavy atom. The molecule has 3 rings (SSSR count). The van der Waals surface area contributed by atoms with Gasteiger partial charge in [0.2, 0.25) is 5.91 Å². The summed E-state index contributed by atoms with van der Waals surface area (Å²) in [6.45, 7) is 0. The smallest absolute Gasteiger partial charge is 0.406 e. The highest BCUT2D eigenvalue weighted by atomic mass is 19.4. The molecule has 5 nitrogen and oxygen atoms in total. The molecule has 1 aromatic carbocycles. The number of rotatable bonds is 4. The minimum atomic E-state index is -4.70. The molecule has 0 spiro atoms. The Morgan fingerprint density at radius 2 is 1.96 bits per heavy atom. The van der Waals surface area contributed by atoms with Crippen LogP contribution >= 0.6 is 0 Å². The maximum atomic E-state index is 12.5. The van der Waals surface area contributed by atoms with Gasteiger partial charge in [-0.05, 0) is 30.0 Å². The van der Waals surface area contributed by atoms with E-state index in [1.165, 1.54) is 12.1 Å². The Bertz CT molecular complexity index is 740. The first-order chi connectivity index (χ1) is 11.3. The van der Waals surface area contributed by atoms with Crippen molar-refractivity contribution in [3.05, 3.63) is 42.1 Å². The summed E-state index contributed by atoms with van der Waals surface area (Å²) in [6.07, 6.45) is -2.41. The van der Waals surface area contributed by atoms with Gasteiger partial charge in [-0.1, -0.05) is 12.1 Å². The Hall–Kier alpha value is -2.51. The molecule has 0 radical (unpaired) electrons. The maximum absolute atomic E-state index is 12.5. The maximum Gasteiger partial charge on any atom is 0.573 e. The van der Waals surface area contributed by atoms with Gasteiger partial charge in [0.1, 0.15) is 11.6 Å². The standard InChI is InChI=1S/C16H16F3N3O2/c1-21(14-7-8-20-22(14)2)15(23)13-9-12(13)10-3-5-11(6-4-10)24-16(17,18)19/h3-8,12-13H,9H2,1-2H3. The number of aromatic nitrogens is 2. The first kappa shape index (κ1) is 16.4. The van der Waals surface area contributed by atoms with Gasteiger partial charge >= 0.3 is 6.36 Å². The summed E-state index contributed by atoms with van der Waals surface area (Å²) in [6, 6.07) is 7.44. The van der Waals surface area contributed by atoms with Crippen molar-refractivity contribution in [3.8, 4) is 5.75 Å². The van der Waals surface area contributed by atoms with E-state index in [1.807, 2.05) is 0 Å². The van der Waals surface area contributed by atoms with E-state index in [1.54, 1.807) is 48.1 Å². The molecule has 0 N–H and O–H groups in total. The van der Waals surface area contributed by atoms with Gasteiger partial charge < -0.3 is 4.74 Å². The van der Waals surface area contributed by atoms with E-state index in [0.29, 0.717) is 12.2 Å². The van der Waals surface area contributed by atoms with E-state index >= 15 is 0 Å². The normalized spacial score (nSPS) is 19.9. The molecule has 1 saturated carbocycles. The number of halogens is 3. The first-order valence-electron chi connectivity index (χ1n) is 7.37. The van der Waals surface area contributed by atoms with Crippen LogP contribution in [0.5, 0.6) is 5.75 Å². The molecule has 0 saturated heterocycles. The van der Waals surface area contributed by atoms with Crippen molar-refractivity contribution in [3.63, 3.8) is 0 Å². The van der Waals surface area contributed by atoms with Gasteiger partial charge in [0.05, 0.1) is 6.20 Å². The lowest BCUT2D eigenvalue weighted by Crippen LogP contribution is -2.29. The molecule has 1 heterocycles. The van der Waals surface area contributed by atoms with E-state index < -0.39 is 6.36 Å². The third-order valence-electron chi connectivity index (χ3n) is 4.12. The van der Waals surface area contributed by atoms with Crippen molar-refractivity contribution >= 4 is 11.7 Å². The zero-order valence-electron chi connectivity index (χ0n) is 13.1. The van der Waals surface area contributed by atoms with Gasteiger partial charge in [-0.25, -0.2) is 0 Å². The van der Waals surface area contributed by atoms with Crippen LogP contribution in [0.2, 0.25) is 0 Å². The summed E-state index contributed by atoms with van der Waals surface area (Å²) >= 11 is 0. The van der Waals surface area contributed by atoms with Crippen LogP contribution in [-0.2, 0) is 11.8 Å². The van der Waals surface area contributed by atoms with Crippen LogP contribution in [0.4, 0.5) is 19.0 Å². The zero-order valence-corrected chi connectivity index (χ0v) is 13.1. The quantitative estimate of drug-likeness (QED) is 0.860. The number of ether oxygens (including phenoxy) is 1. The number of hydrogen-bond donors (Lipinski definition) is 0. The van der Waals surface area contributed by atoms with Crippen molar-refractivity contribution in [1.29, 1.82) is 0 Å². The first-order valence-corrected chi connectivity index (χ1v) is 7.37. The van der Waals surface area contributed by atoms with Gasteiger partial charge in [0.25, 0.3) is 0 Å². The van der Waals surface area contributed by atoms with E-state index in [-0.39, 0.29) is 23.5 Å². The highest BCUT2D eigenvalue weighted by molar-refractivity contribution is 5.96. The summed E-state index contributed by atoms with van der Waals surface area (Å²) in [4.78, 5) is 14.1. The van der Waals surface area contributed by atoms with Crippen molar-refractivity contribution in [2.24, 2.45) is 13.0 Å².